The van der Waals surface area contributed by atoms with Crippen LogP contribution in [0.1, 0.15) is 42.1 Å². The predicted octanol–water partition coefficient (Wildman–Crippen LogP) is 1.83. The number of aliphatic hydroxyl groups is 1. The lowest BCUT2D eigenvalue weighted by atomic mass is 9.74. The van der Waals surface area contributed by atoms with Gasteiger partial charge in [0.2, 0.25) is 0 Å². The van der Waals surface area contributed by atoms with Gasteiger partial charge in [0.15, 0.2) is 0 Å². The molecule has 138 valence electrons. The number of benzene rings is 1. The Morgan fingerprint density at radius 1 is 1.28 bits per heavy atom. The molecule has 0 bridgehead atoms. The Morgan fingerprint density at radius 2 is 1.92 bits per heavy atom. The monoisotopic (exact) mass is 348 g/mol. The van der Waals surface area contributed by atoms with Gasteiger partial charge >= 0.3 is 5.97 Å². The minimum Gasteiger partial charge on any atom is -0.481 e. The quantitative estimate of drug-likeness (QED) is 0.820. The maximum Gasteiger partial charge on any atom is 0.313 e. The van der Waals surface area contributed by atoms with Crippen LogP contribution >= 0.6 is 0 Å². The Kier molecular flexibility index (Phi) is 6.19. The van der Waals surface area contributed by atoms with E-state index in [1.165, 1.54) is 4.90 Å². The molecule has 0 aromatic heterocycles. The number of carboxylic acid groups (broad SMARTS) is 1. The molecule has 1 fully saturated rings. The third kappa shape index (κ3) is 4.19. The fourth-order valence-corrected chi connectivity index (χ4v) is 3.58. The Labute approximate surface area is 149 Å². The Hall–Kier alpha value is -1.92. The molecular weight excluding hydrogens is 320 g/mol. The fraction of sp³-hybridized carbons (Fsp3) is 0.579. The molecule has 0 saturated carbocycles. The molecule has 0 unspecified atom stereocenters. The number of carbonyl (C=O) groups excluding carboxylic acids is 1. The average Bonchev–Trinajstić information content (AvgIpc) is 2.58. The number of rotatable bonds is 6. The number of piperidine rings is 1. The summed E-state index contributed by atoms with van der Waals surface area (Å²) >= 11 is 0. The van der Waals surface area contributed by atoms with Gasteiger partial charge in [0.25, 0.3) is 5.91 Å². The molecule has 0 radical (unpaired) electrons. The highest BCUT2D eigenvalue weighted by Crippen LogP contribution is 2.36. The lowest BCUT2D eigenvalue weighted by Gasteiger charge is -2.43. The van der Waals surface area contributed by atoms with Crippen molar-refractivity contribution in [3.05, 3.63) is 35.4 Å². The molecule has 1 saturated heterocycles. The van der Waals surface area contributed by atoms with E-state index in [0.29, 0.717) is 38.0 Å². The van der Waals surface area contributed by atoms with Gasteiger partial charge in [-0.25, -0.2) is 0 Å². The zero-order chi connectivity index (χ0) is 18.6. The summed E-state index contributed by atoms with van der Waals surface area (Å²) in [4.78, 5) is 27.4. The van der Waals surface area contributed by atoms with E-state index in [9.17, 15) is 19.8 Å². The third-order valence-corrected chi connectivity index (χ3v) is 5.00. The number of nitrogens with zero attached hydrogens (tertiary/aromatic N) is 2. The van der Waals surface area contributed by atoms with Crippen molar-refractivity contribution in [2.75, 3.05) is 27.2 Å². The third-order valence-electron chi connectivity index (χ3n) is 5.00. The Morgan fingerprint density at radius 3 is 2.44 bits per heavy atom. The summed E-state index contributed by atoms with van der Waals surface area (Å²) in [5, 5.41) is 20.0. The molecule has 6 nitrogen and oxygen atoms in total. The normalized spacial score (nSPS) is 24.1. The molecule has 1 aliphatic heterocycles. The highest BCUT2D eigenvalue weighted by Gasteiger charge is 2.48. The van der Waals surface area contributed by atoms with Gasteiger partial charge < -0.3 is 15.1 Å². The maximum atomic E-state index is 11.9. The number of hydrogen-bond acceptors (Lipinski definition) is 4. The van der Waals surface area contributed by atoms with E-state index in [-0.39, 0.29) is 5.91 Å². The minimum atomic E-state index is -1.09. The van der Waals surface area contributed by atoms with Gasteiger partial charge in [0, 0.05) is 39.3 Å². The smallest absolute Gasteiger partial charge is 0.313 e. The van der Waals surface area contributed by atoms with Gasteiger partial charge in [0.05, 0.1) is 6.10 Å². The first-order valence-corrected chi connectivity index (χ1v) is 8.74. The minimum absolute atomic E-state index is 0.0412. The first-order chi connectivity index (χ1) is 11.8. The lowest BCUT2D eigenvalue weighted by molar-refractivity contribution is -0.164. The van der Waals surface area contributed by atoms with Crippen molar-refractivity contribution in [3.8, 4) is 0 Å². The Balaban J connectivity index is 2.10. The largest absolute Gasteiger partial charge is 0.481 e. The summed E-state index contributed by atoms with van der Waals surface area (Å²) in [5.74, 6) is -0.959. The predicted molar refractivity (Wildman–Crippen MR) is 95.3 cm³/mol. The average molecular weight is 348 g/mol. The van der Waals surface area contributed by atoms with Crippen LogP contribution in [0.4, 0.5) is 0 Å². The number of likely N-dealkylation sites (tertiary alicyclic amines) is 1. The molecule has 2 atom stereocenters. The molecule has 1 amide bonds. The highest BCUT2D eigenvalue weighted by molar-refractivity contribution is 5.93. The van der Waals surface area contributed by atoms with E-state index in [1.54, 1.807) is 26.2 Å². The van der Waals surface area contributed by atoms with Crippen LogP contribution in [0.2, 0.25) is 0 Å². The number of hydrogen-bond donors (Lipinski definition) is 2. The van der Waals surface area contributed by atoms with Crippen LogP contribution < -0.4 is 0 Å². The number of aliphatic carboxylic acids is 1. The van der Waals surface area contributed by atoms with Crippen molar-refractivity contribution in [3.63, 3.8) is 0 Å². The molecule has 1 heterocycles. The van der Waals surface area contributed by atoms with Crippen LogP contribution in [0, 0.1) is 5.41 Å². The van der Waals surface area contributed by atoms with E-state index in [0.717, 1.165) is 12.0 Å². The zero-order valence-corrected chi connectivity index (χ0v) is 15.2. The molecule has 25 heavy (non-hydrogen) atoms. The van der Waals surface area contributed by atoms with E-state index < -0.39 is 17.5 Å². The second-order valence-corrected chi connectivity index (χ2v) is 7.12. The second kappa shape index (κ2) is 7.97. The van der Waals surface area contributed by atoms with E-state index >= 15 is 0 Å². The van der Waals surface area contributed by atoms with Crippen LogP contribution in [0.15, 0.2) is 24.3 Å². The van der Waals surface area contributed by atoms with Crippen molar-refractivity contribution >= 4 is 11.9 Å². The van der Waals surface area contributed by atoms with Crippen LogP contribution in [0.25, 0.3) is 0 Å². The molecule has 0 spiro atoms. The van der Waals surface area contributed by atoms with Crippen LogP contribution in [0.5, 0.6) is 0 Å². The van der Waals surface area contributed by atoms with Gasteiger partial charge in [-0.15, -0.1) is 0 Å². The number of amides is 1. The van der Waals surface area contributed by atoms with Crippen LogP contribution in [0.3, 0.4) is 0 Å². The lowest BCUT2D eigenvalue weighted by Crippen LogP contribution is -2.55. The first kappa shape index (κ1) is 19.4. The molecule has 2 N–H and O–H groups in total. The molecule has 1 aromatic rings. The maximum absolute atomic E-state index is 11.9. The fourth-order valence-electron chi connectivity index (χ4n) is 3.58. The summed E-state index contributed by atoms with van der Waals surface area (Å²) in [7, 11) is 3.43. The van der Waals surface area contributed by atoms with Crippen LogP contribution in [-0.4, -0.2) is 65.2 Å². The molecule has 2 rings (SSSR count). The topological polar surface area (TPSA) is 81.1 Å². The van der Waals surface area contributed by atoms with Gasteiger partial charge in [-0.2, -0.15) is 0 Å². The SMILES string of the molecule is CCC[C@@]1(C(=O)O)CN(Cc2ccc(C(=O)N(C)C)cc2)CC[C@@H]1O. The molecule has 0 aliphatic carbocycles. The van der Waals surface area contributed by atoms with E-state index in [1.807, 2.05) is 19.1 Å². The van der Waals surface area contributed by atoms with Gasteiger partial charge in [0.1, 0.15) is 5.41 Å². The molecule has 6 heteroatoms. The summed E-state index contributed by atoms with van der Waals surface area (Å²) in [6.45, 7) is 3.56. The van der Waals surface area contributed by atoms with Gasteiger partial charge in [-0.1, -0.05) is 25.5 Å². The molecular formula is C19H28N2O4. The number of carbonyl (C=O) groups is 2. The van der Waals surface area contributed by atoms with Crippen molar-refractivity contribution in [1.29, 1.82) is 0 Å². The summed E-state index contributed by atoms with van der Waals surface area (Å²) in [6.07, 6.45) is 0.847. The van der Waals surface area contributed by atoms with Crippen molar-refractivity contribution < 1.29 is 19.8 Å². The van der Waals surface area contributed by atoms with E-state index in [4.69, 9.17) is 0 Å². The summed E-state index contributed by atoms with van der Waals surface area (Å²) in [5.41, 5.74) is 0.574. The van der Waals surface area contributed by atoms with Crippen molar-refractivity contribution in [2.45, 2.75) is 38.8 Å². The zero-order valence-electron chi connectivity index (χ0n) is 15.2. The number of aliphatic hydroxyl groups excluding tert-OH is 1. The van der Waals surface area contributed by atoms with Crippen molar-refractivity contribution in [2.24, 2.45) is 5.41 Å². The second-order valence-electron chi connectivity index (χ2n) is 7.12. The van der Waals surface area contributed by atoms with Crippen LogP contribution in [-0.2, 0) is 11.3 Å². The molecule has 1 aromatic carbocycles. The molecule has 1 aliphatic rings. The number of carboxylic acids is 1. The van der Waals surface area contributed by atoms with E-state index in [2.05, 4.69) is 4.90 Å². The van der Waals surface area contributed by atoms with Crippen molar-refractivity contribution in [1.82, 2.24) is 9.80 Å². The van der Waals surface area contributed by atoms with Gasteiger partial charge in [-0.05, 0) is 30.5 Å². The van der Waals surface area contributed by atoms with Gasteiger partial charge in [-0.3, -0.25) is 14.5 Å². The summed E-state index contributed by atoms with van der Waals surface area (Å²) < 4.78 is 0. The Bertz CT molecular complexity index is 614. The summed E-state index contributed by atoms with van der Waals surface area (Å²) in [6, 6.07) is 7.41. The standard InChI is InChI=1S/C19H28N2O4/c1-4-10-19(18(24)25)13-21(11-9-16(19)22)12-14-5-7-15(8-6-14)17(23)20(2)3/h5-8,16,22H,4,9-13H2,1-3H3,(H,24,25)/t16-,19+/m0/s1. The first-order valence-electron chi connectivity index (χ1n) is 8.74. The highest BCUT2D eigenvalue weighted by atomic mass is 16.4.